The van der Waals surface area contributed by atoms with Crippen LogP contribution < -0.4 is 9.47 Å². The highest BCUT2D eigenvalue weighted by Gasteiger charge is 2.23. The molecular weight excluding hydrogens is 376 g/mol. The van der Waals surface area contributed by atoms with Crippen molar-refractivity contribution >= 4 is 11.7 Å². The summed E-state index contributed by atoms with van der Waals surface area (Å²) in [7, 11) is 1.41. The van der Waals surface area contributed by atoms with E-state index in [-0.39, 0.29) is 23.6 Å². The number of esters is 1. The first-order valence-corrected chi connectivity index (χ1v) is 9.37. The lowest BCUT2D eigenvalue weighted by molar-refractivity contribution is -0.385. The van der Waals surface area contributed by atoms with Crippen LogP contribution in [0.5, 0.6) is 11.5 Å². The molecule has 8 nitrogen and oxygen atoms in total. The standard InChI is InChI=1S/C21H24N2O6/c1-14-11-22(12-15(2)28-14)13-16-4-6-17(7-5-16)21(24)29-20-9-8-18(27-3)10-19(20)23(25)26/h4-10,14-15H,11-13H2,1-3H3. The molecule has 0 bridgehead atoms. The summed E-state index contributed by atoms with van der Waals surface area (Å²) in [6.07, 6.45) is 0.376. The Hall–Kier alpha value is -2.97. The normalized spacial score (nSPS) is 19.6. The Balaban J connectivity index is 1.67. The minimum Gasteiger partial charge on any atom is -0.496 e. The fraction of sp³-hybridized carbons (Fsp3) is 0.381. The molecule has 2 atom stereocenters. The number of methoxy groups -OCH3 is 1. The number of hydrogen-bond acceptors (Lipinski definition) is 7. The number of morpholine rings is 1. The Labute approximate surface area is 169 Å². The summed E-state index contributed by atoms with van der Waals surface area (Å²) in [5, 5.41) is 11.2. The summed E-state index contributed by atoms with van der Waals surface area (Å²) in [5.74, 6) is -0.466. The van der Waals surface area contributed by atoms with Gasteiger partial charge in [-0.15, -0.1) is 0 Å². The first kappa shape index (κ1) is 20.8. The Morgan fingerprint density at radius 3 is 2.41 bits per heavy atom. The van der Waals surface area contributed by atoms with Gasteiger partial charge < -0.3 is 14.2 Å². The van der Waals surface area contributed by atoms with Gasteiger partial charge in [0.15, 0.2) is 0 Å². The van der Waals surface area contributed by atoms with E-state index in [1.54, 1.807) is 12.1 Å². The molecule has 0 aromatic heterocycles. The maximum absolute atomic E-state index is 12.4. The van der Waals surface area contributed by atoms with E-state index in [0.29, 0.717) is 11.3 Å². The second-order valence-electron chi connectivity index (χ2n) is 7.13. The molecule has 0 aliphatic carbocycles. The van der Waals surface area contributed by atoms with Crippen molar-refractivity contribution in [2.75, 3.05) is 20.2 Å². The van der Waals surface area contributed by atoms with E-state index in [1.165, 1.54) is 25.3 Å². The molecule has 2 unspecified atom stereocenters. The molecular formula is C21H24N2O6. The summed E-state index contributed by atoms with van der Waals surface area (Å²) in [6.45, 7) is 6.59. The van der Waals surface area contributed by atoms with Gasteiger partial charge >= 0.3 is 11.7 Å². The second-order valence-corrected chi connectivity index (χ2v) is 7.13. The molecule has 2 aromatic carbocycles. The highest BCUT2D eigenvalue weighted by molar-refractivity contribution is 5.91. The molecule has 0 radical (unpaired) electrons. The topological polar surface area (TPSA) is 91.1 Å². The number of carbonyl (C=O) groups is 1. The van der Waals surface area contributed by atoms with Crippen molar-refractivity contribution in [1.29, 1.82) is 0 Å². The van der Waals surface area contributed by atoms with E-state index in [2.05, 4.69) is 18.7 Å². The minimum absolute atomic E-state index is 0.124. The van der Waals surface area contributed by atoms with Crippen LogP contribution in [0.4, 0.5) is 5.69 Å². The molecule has 3 rings (SSSR count). The fourth-order valence-electron chi connectivity index (χ4n) is 3.43. The molecule has 154 valence electrons. The number of nitrogens with zero attached hydrogens (tertiary/aromatic N) is 2. The van der Waals surface area contributed by atoms with Crippen LogP contribution in [0.25, 0.3) is 0 Å². The van der Waals surface area contributed by atoms with Gasteiger partial charge in [-0.25, -0.2) is 4.79 Å². The quantitative estimate of drug-likeness (QED) is 0.317. The lowest BCUT2D eigenvalue weighted by atomic mass is 10.1. The highest BCUT2D eigenvalue weighted by atomic mass is 16.6. The van der Waals surface area contributed by atoms with Gasteiger partial charge in [-0.2, -0.15) is 0 Å². The van der Waals surface area contributed by atoms with E-state index in [0.717, 1.165) is 25.2 Å². The molecule has 0 saturated carbocycles. The summed E-state index contributed by atoms with van der Waals surface area (Å²) in [4.78, 5) is 25.4. The van der Waals surface area contributed by atoms with Gasteiger partial charge in [0, 0.05) is 19.6 Å². The van der Waals surface area contributed by atoms with E-state index in [1.807, 2.05) is 12.1 Å². The largest absolute Gasteiger partial charge is 0.496 e. The Bertz CT molecular complexity index is 873. The average molecular weight is 400 g/mol. The van der Waals surface area contributed by atoms with Gasteiger partial charge in [-0.1, -0.05) is 12.1 Å². The third-order valence-electron chi connectivity index (χ3n) is 4.66. The lowest BCUT2D eigenvalue weighted by Crippen LogP contribution is -2.44. The summed E-state index contributed by atoms with van der Waals surface area (Å²) in [6, 6.07) is 11.1. The van der Waals surface area contributed by atoms with Crippen LogP contribution in [0, 0.1) is 10.1 Å². The third-order valence-corrected chi connectivity index (χ3v) is 4.66. The molecule has 1 saturated heterocycles. The van der Waals surface area contributed by atoms with E-state index < -0.39 is 10.9 Å². The molecule has 1 heterocycles. The van der Waals surface area contributed by atoms with E-state index >= 15 is 0 Å². The van der Waals surface area contributed by atoms with Crippen molar-refractivity contribution in [3.63, 3.8) is 0 Å². The molecule has 0 amide bonds. The van der Waals surface area contributed by atoms with Crippen LogP contribution in [-0.2, 0) is 11.3 Å². The maximum Gasteiger partial charge on any atom is 0.343 e. The van der Waals surface area contributed by atoms with Gasteiger partial charge in [0.1, 0.15) is 5.75 Å². The van der Waals surface area contributed by atoms with Crippen molar-refractivity contribution < 1.29 is 23.9 Å². The van der Waals surface area contributed by atoms with E-state index in [9.17, 15) is 14.9 Å². The zero-order valence-electron chi connectivity index (χ0n) is 16.7. The predicted octanol–water partition coefficient (Wildman–Crippen LogP) is 3.43. The number of rotatable bonds is 6. The zero-order valence-corrected chi connectivity index (χ0v) is 16.7. The zero-order chi connectivity index (χ0) is 21.0. The van der Waals surface area contributed by atoms with Gasteiger partial charge in [0.25, 0.3) is 0 Å². The molecule has 8 heteroatoms. The average Bonchev–Trinajstić information content (AvgIpc) is 2.67. The van der Waals surface area contributed by atoms with E-state index in [4.69, 9.17) is 14.2 Å². The molecule has 0 N–H and O–H groups in total. The molecule has 1 aliphatic rings. The number of hydrogen-bond donors (Lipinski definition) is 0. The Morgan fingerprint density at radius 1 is 1.17 bits per heavy atom. The van der Waals surface area contributed by atoms with Crippen molar-refractivity contribution in [2.24, 2.45) is 0 Å². The summed E-state index contributed by atoms with van der Waals surface area (Å²) >= 11 is 0. The molecule has 1 fully saturated rings. The molecule has 29 heavy (non-hydrogen) atoms. The minimum atomic E-state index is -0.654. The fourth-order valence-corrected chi connectivity index (χ4v) is 3.43. The first-order valence-electron chi connectivity index (χ1n) is 9.37. The van der Waals surface area contributed by atoms with Crippen molar-refractivity contribution in [3.05, 3.63) is 63.7 Å². The Morgan fingerprint density at radius 2 is 1.83 bits per heavy atom. The summed E-state index contributed by atoms with van der Waals surface area (Å²) < 4.78 is 16.0. The number of nitro groups is 1. The van der Waals surface area contributed by atoms with Crippen molar-refractivity contribution in [1.82, 2.24) is 4.90 Å². The molecule has 2 aromatic rings. The second kappa shape index (κ2) is 9.02. The predicted molar refractivity (Wildman–Crippen MR) is 106 cm³/mol. The van der Waals surface area contributed by atoms with Crippen LogP contribution in [0.1, 0.15) is 29.8 Å². The molecule has 0 spiro atoms. The van der Waals surface area contributed by atoms with Gasteiger partial charge in [-0.05, 0) is 43.7 Å². The van der Waals surface area contributed by atoms with Crippen LogP contribution in [0.2, 0.25) is 0 Å². The summed E-state index contributed by atoms with van der Waals surface area (Å²) in [5.41, 5.74) is 1.06. The van der Waals surface area contributed by atoms with Crippen molar-refractivity contribution in [3.8, 4) is 11.5 Å². The van der Waals surface area contributed by atoms with Crippen LogP contribution in [0.15, 0.2) is 42.5 Å². The monoisotopic (exact) mass is 400 g/mol. The van der Waals surface area contributed by atoms with Crippen LogP contribution >= 0.6 is 0 Å². The Kier molecular flexibility index (Phi) is 6.46. The maximum atomic E-state index is 12.4. The molecule has 1 aliphatic heterocycles. The van der Waals surface area contributed by atoms with Crippen LogP contribution in [0.3, 0.4) is 0 Å². The van der Waals surface area contributed by atoms with Gasteiger partial charge in [0.2, 0.25) is 5.75 Å². The number of carbonyl (C=O) groups excluding carboxylic acids is 1. The number of nitro benzene ring substituents is 1. The number of ether oxygens (including phenoxy) is 3. The first-order chi connectivity index (χ1) is 13.9. The van der Waals surface area contributed by atoms with Gasteiger partial charge in [-0.3, -0.25) is 15.0 Å². The smallest absolute Gasteiger partial charge is 0.343 e. The van der Waals surface area contributed by atoms with Gasteiger partial charge in [0.05, 0.1) is 35.9 Å². The van der Waals surface area contributed by atoms with Crippen molar-refractivity contribution in [2.45, 2.75) is 32.6 Å². The number of benzene rings is 2. The van der Waals surface area contributed by atoms with Crippen LogP contribution in [-0.4, -0.2) is 48.2 Å². The SMILES string of the molecule is COc1ccc(OC(=O)c2ccc(CN3CC(C)OC(C)C3)cc2)c([N+](=O)[O-])c1. The highest BCUT2D eigenvalue weighted by Crippen LogP contribution is 2.31. The third kappa shape index (κ3) is 5.30. The lowest BCUT2D eigenvalue weighted by Gasteiger charge is -2.35.